The fourth-order valence-electron chi connectivity index (χ4n) is 1.64. The molecule has 0 radical (unpaired) electrons. The van der Waals surface area contributed by atoms with Crippen molar-refractivity contribution < 1.29 is 0 Å². The molecule has 0 aliphatic heterocycles. The summed E-state index contributed by atoms with van der Waals surface area (Å²) in [7, 11) is 0. The Kier molecular flexibility index (Phi) is 4.64. The molecule has 0 spiro atoms. The Morgan fingerprint density at radius 1 is 0.895 bits per heavy atom. The normalized spacial score (nSPS) is 9.11. The number of isothiocyanates is 1. The minimum absolute atomic E-state index is 0.799. The second-order valence-corrected chi connectivity index (χ2v) is 4.23. The highest BCUT2D eigenvalue weighted by Gasteiger charge is 1.91. The molecule has 0 N–H and O–H groups in total. The molecule has 0 atom stereocenters. The molecule has 2 rings (SSSR count). The average molecular weight is 263 g/mol. The van der Waals surface area contributed by atoms with Gasteiger partial charge >= 0.3 is 0 Å². The molecule has 0 unspecified atom stereocenters. The van der Waals surface area contributed by atoms with Gasteiger partial charge in [-0.1, -0.05) is 30.9 Å². The quantitative estimate of drug-likeness (QED) is 0.445. The molecular formula is C17H13NS. The van der Waals surface area contributed by atoms with Crippen molar-refractivity contribution in [1.82, 2.24) is 0 Å². The van der Waals surface area contributed by atoms with Crippen molar-refractivity contribution in [2.45, 2.75) is 13.3 Å². The number of aryl methyl sites for hydroxylation is 1. The average Bonchev–Trinajstić information content (AvgIpc) is 2.47. The summed E-state index contributed by atoms with van der Waals surface area (Å²) in [5.74, 6) is 6.28. The molecule has 0 saturated carbocycles. The Labute approximate surface area is 119 Å². The summed E-state index contributed by atoms with van der Waals surface area (Å²) in [6.45, 7) is 2.14. The maximum absolute atomic E-state index is 4.56. The van der Waals surface area contributed by atoms with Gasteiger partial charge in [-0.15, -0.1) is 0 Å². The van der Waals surface area contributed by atoms with Crippen LogP contribution in [-0.4, -0.2) is 5.16 Å². The topological polar surface area (TPSA) is 12.4 Å². The van der Waals surface area contributed by atoms with Crippen molar-refractivity contribution in [3.05, 3.63) is 65.2 Å². The molecular weight excluding hydrogens is 250 g/mol. The molecule has 0 amide bonds. The van der Waals surface area contributed by atoms with Gasteiger partial charge in [-0.2, -0.15) is 4.99 Å². The summed E-state index contributed by atoms with van der Waals surface area (Å²) in [6.07, 6.45) is 1.05. The number of thiocarbonyl (C=S) groups is 1. The van der Waals surface area contributed by atoms with Crippen molar-refractivity contribution in [1.29, 1.82) is 0 Å². The van der Waals surface area contributed by atoms with Crippen LogP contribution in [0.25, 0.3) is 0 Å². The third-order valence-electron chi connectivity index (χ3n) is 2.76. The fraction of sp³-hybridized carbons (Fsp3) is 0.118. The summed E-state index contributed by atoms with van der Waals surface area (Å²) in [5, 5.41) is 2.34. The third-order valence-corrected chi connectivity index (χ3v) is 2.85. The van der Waals surface area contributed by atoms with Gasteiger partial charge in [0.15, 0.2) is 0 Å². The molecule has 19 heavy (non-hydrogen) atoms. The fourth-order valence-corrected chi connectivity index (χ4v) is 1.75. The van der Waals surface area contributed by atoms with E-state index >= 15 is 0 Å². The molecule has 2 heteroatoms. The summed E-state index contributed by atoms with van der Waals surface area (Å²) in [5.41, 5.74) is 4.11. The summed E-state index contributed by atoms with van der Waals surface area (Å²) < 4.78 is 0. The van der Waals surface area contributed by atoms with Gasteiger partial charge in [0.2, 0.25) is 0 Å². The zero-order valence-electron chi connectivity index (χ0n) is 10.7. The second-order valence-electron chi connectivity index (χ2n) is 4.05. The molecule has 0 aliphatic rings. The van der Waals surface area contributed by atoms with Crippen LogP contribution >= 0.6 is 12.2 Å². The van der Waals surface area contributed by atoms with Crippen molar-refractivity contribution in [2.24, 2.45) is 4.99 Å². The number of nitrogens with zero attached hydrogens (tertiary/aromatic N) is 1. The lowest BCUT2D eigenvalue weighted by Gasteiger charge is -1.95. The maximum atomic E-state index is 4.56. The lowest BCUT2D eigenvalue weighted by atomic mass is 10.1. The van der Waals surface area contributed by atoms with E-state index in [2.05, 4.69) is 65.4 Å². The van der Waals surface area contributed by atoms with E-state index in [0.29, 0.717) is 0 Å². The molecule has 2 aromatic rings. The Balaban J connectivity index is 2.16. The first-order chi connectivity index (χ1) is 9.31. The van der Waals surface area contributed by atoms with Crippen molar-refractivity contribution >= 4 is 23.1 Å². The second kappa shape index (κ2) is 6.66. The molecule has 92 valence electrons. The van der Waals surface area contributed by atoms with Gasteiger partial charge in [-0.25, -0.2) is 0 Å². The molecule has 2 aromatic carbocycles. The van der Waals surface area contributed by atoms with E-state index in [9.17, 15) is 0 Å². The van der Waals surface area contributed by atoms with Gasteiger partial charge in [-0.05, 0) is 60.6 Å². The predicted octanol–water partition coefficient (Wildman–Crippen LogP) is 4.38. The zero-order valence-corrected chi connectivity index (χ0v) is 11.5. The van der Waals surface area contributed by atoms with Crippen LogP contribution in [0.3, 0.4) is 0 Å². The lowest BCUT2D eigenvalue weighted by molar-refractivity contribution is 1.14. The zero-order chi connectivity index (χ0) is 13.5. The van der Waals surface area contributed by atoms with Crippen LogP contribution in [0.1, 0.15) is 23.6 Å². The molecule has 0 fully saturated rings. The van der Waals surface area contributed by atoms with Gasteiger partial charge in [0.1, 0.15) is 0 Å². The van der Waals surface area contributed by atoms with E-state index in [0.717, 1.165) is 23.2 Å². The highest BCUT2D eigenvalue weighted by atomic mass is 32.1. The first-order valence-electron chi connectivity index (χ1n) is 6.10. The first kappa shape index (κ1) is 13.2. The number of hydrogen-bond donors (Lipinski definition) is 0. The monoisotopic (exact) mass is 263 g/mol. The number of hydrogen-bond acceptors (Lipinski definition) is 2. The van der Waals surface area contributed by atoms with Crippen LogP contribution in [0, 0.1) is 11.8 Å². The van der Waals surface area contributed by atoms with Crippen molar-refractivity contribution in [2.75, 3.05) is 0 Å². The first-order valence-corrected chi connectivity index (χ1v) is 6.51. The Hall–Kier alpha value is -2.20. The molecule has 1 nitrogen and oxygen atoms in total. The van der Waals surface area contributed by atoms with Crippen molar-refractivity contribution in [3.63, 3.8) is 0 Å². The SMILES string of the molecule is CCc1ccc(C#Cc2ccc(N=C=S)cc2)cc1. The van der Waals surface area contributed by atoms with Crippen LogP contribution in [0.2, 0.25) is 0 Å². The standard InChI is InChI=1S/C17H13NS/c1-2-14-3-5-15(6-4-14)7-8-16-9-11-17(12-10-16)18-13-19/h3-6,9-12H,2H2,1H3. The maximum Gasteiger partial charge on any atom is 0.0740 e. The van der Waals surface area contributed by atoms with E-state index in [1.807, 2.05) is 24.3 Å². The Bertz CT molecular complexity index is 651. The van der Waals surface area contributed by atoms with E-state index in [4.69, 9.17) is 0 Å². The van der Waals surface area contributed by atoms with Crippen LogP contribution in [0.4, 0.5) is 5.69 Å². The molecule has 0 aliphatic carbocycles. The van der Waals surface area contributed by atoms with E-state index in [1.54, 1.807) is 0 Å². The number of rotatable bonds is 2. The minimum Gasteiger partial charge on any atom is -0.195 e. The molecule has 0 heterocycles. The van der Waals surface area contributed by atoms with Crippen molar-refractivity contribution in [3.8, 4) is 11.8 Å². The Morgan fingerprint density at radius 2 is 1.42 bits per heavy atom. The van der Waals surface area contributed by atoms with Crippen LogP contribution in [-0.2, 0) is 6.42 Å². The van der Waals surface area contributed by atoms with Crippen LogP contribution in [0.5, 0.6) is 0 Å². The Morgan fingerprint density at radius 3 is 1.89 bits per heavy atom. The summed E-state index contributed by atoms with van der Waals surface area (Å²) >= 11 is 4.56. The van der Waals surface area contributed by atoms with E-state index < -0.39 is 0 Å². The van der Waals surface area contributed by atoms with Crippen LogP contribution < -0.4 is 0 Å². The van der Waals surface area contributed by atoms with Crippen LogP contribution in [0.15, 0.2) is 53.5 Å². The molecule has 0 bridgehead atoms. The molecule has 0 aromatic heterocycles. The molecule has 0 saturated heterocycles. The summed E-state index contributed by atoms with van der Waals surface area (Å²) in [6, 6.07) is 15.9. The largest absolute Gasteiger partial charge is 0.195 e. The van der Waals surface area contributed by atoms with Gasteiger partial charge in [0, 0.05) is 11.1 Å². The van der Waals surface area contributed by atoms with Gasteiger partial charge in [0.05, 0.1) is 10.8 Å². The lowest BCUT2D eigenvalue weighted by Crippen LogP contribution is -1.80. The highest BCUT2D eigenvalue weighted by molar-refractivity contribution is 7.78. The number of aliphatic imine (C=N–C) groups is 1. The number of benzene rings is 2. The van der Waals surface area contributed by atoms with Gasteiger partial charge in [-0.3, -0.25) is 0 Å². The predicted molar refractivity (Wildman–Crippen MR) is 82.9 cm³/mol. The van der Waals surface area contributed by atoms with Gasteiger partial charge in [0.25, 0.3) is 0 Å². The van der Waals surface area contributed by atoms with E-state index in [-0.39, 0.29) is 0 Å². The third kappa shape index (κ3) is 3.89. The van der Waals surface area contributed by atoms with E-state index in [1.165, 1.54) is 5.56 Å². The minimum atomic E-state index is 0.799. The smallest absolute Gasteiger partial charge is 0.0740 e. The highest BCUT2D eigenvalue weighted by Crippen LogP contribution is 2.11. The summed E-state index contributed by atoms with van der Waals surface area (Å²) in [4.78, 5) is 3.90. The van der Waals surface area contributed by atoms with Gasteiger partial charge < -0.3 is 0 Å².